The van der Waals surface area contributed by atoms with Crippen molar-refractivity contribution in [1.29, 1.82) is 0 Å². The monoisotopic (exact) mass is 469 g/mol. The van der Waals surface area contributed by atoms with E-state index in [0.29, 0.717) is 11.6 Å². The Kier molecular flexibility index (Phi) is 4.97. The molecule has 2 aromatic carbocycles. The van der Waals surface area contributed by atoms with Crippen molar-refractivity contribution >= 4 is 55.0 Å². The molecule has 2 amide bonds. The van der Waals surface area contributed by atoms with Crippen LogP contribution >= 0.6 is 27.3 Å². The lowest BCUT2D eigenvalue weighted by atomic mass is 9.96. The van der Waals surface area contributed by atoms with Gasteiger partial charge in [0.25, 0.3) is 5.91 Å². The number of imide groups is 1. The maximum Gasteiger partial charge on any atom is 0.251 e. The number of likely N-dealkylation sites (tertiary alicyclic amines) is 1. The average molecular weight is 470 g/mol. The molecule has 5 nitrogen and oxygen atoms in total. The van der Waals surface area contributed by atoms with Crippen molar-refractivity contribution < 1.29 is 9.59 Å². The van der Waals surface area contributed by atoms with E-state index in [2.05, 4.69) is 33.0 Å². The Morgan fingerprint density at radius 3 is 2.45 bits per heavy atom. The number of hydrogen-bond donors (Lipinski definition) is 0. The van der Waals surface area contributed by atoms with E-state index in [1.807, 2.05) is 36.4 Å². The summed E-state index contributed by atoms with van der Waals surface area (Å²) in [7, 11) is 0. The van der Waals surface area contributed by atoms with Gasteiger partial charge in [-0.2, -0.15) is 0 Å². The highest BCUT2D eigenvalue weighted by Crippen LogP contribution is 2.36. The van der Waals surface area contributed by atoms with Gasteiger partial charge in [-0.25, -0.2) is 9.88 Å². The number of halogens is 1. The molecule has 2 aliphatic heterocycles. The average Bonchev–Trinajstić information content (AvgIpc) is 3.30. The molecule has 1 aromatic heterocycles. The second-order valence-electron chi connectivity index (χ2n) is 7.59. The molecule has 5 rings (SSSR count). The van der Waals surface area contributed by atoms with Gasteiger partial charge in [0.2, 0.25) is 5.91 Å². The quantitative estimate of drug-likeness (QED) is 0.527. The molecule has 0 saturated carbocycles. The molecular formula is C22H20BrN3O2S. The van der Waals surface area contributed by atoms with Crippen LogP contribution in [-0.4, -0.2) is 40.8 Å². The Morgan fingerprint density at radius 1 is 1.00 bits per heavy atom. The lowest BCUT2D eigenvalue weighted by molar-refractivity contribution is -0.123. The summed E-state index contributed by atoms with van der Waals surface area (Å²) in [6.45, 7) is 1.64. The smallest absolute Gasteiger partial charge is 0.251 e. The van der Waals surface area contributed by atoms with Gasteiger partial charge in [0.1, 0.15) is 0 Å². The second kappa shape index (κ2) is 7.63. The van der Waals surface area contributed by atoms with Gasteiger partial charge in [0, 0.05) is 10.4 Å². The summed E-state index contributed by atoms with van der Waals surface area (Å²) in [5.74, 6) is 0.213. The molecule has 0 N–H and O–H groups in total. The standard InChI is InChI=1S/C22H20BrN3O2S/c23-15-5-7-16(8-6-15)26-20(27)13-18(22(26)28)25-11-9-14(10-12-25)21-24-17-3-1-2-4-19(17)29-21/h1-8,14,18H,9-13H2/t18-/m0/s1. The van der Waals surface area contributed by atoms with Crippen LogP contribution in [-0.2, 0) is 9.59 Å². The number of rotatable bonds is 3. The summed E-state index contributed by atoms with van der Waals surface area (Å²) >= 11 is 5.17. The van der Waals surface area contributed by atoms with Crippen molar-refractivity contribution in [2.45, 2.75) is 31.2 Å². The van der Waals surface area contributed by atoms with Crippen LogP contribution in [0.25, 0.3) is 10.2 Å². The number of nitrogens with zero attached hydrogens (tertiary/aromatic N) is 3. The molecule has 0 bridgehead atoms. The molecule has 3 aromatic rings. The summed E-state index contributed by atoms with van der Waals surface area (Å²) in [5, 5.41) is 1.19. The number of amides is 2. The van der Waals surface area contributed by atoms with E-state index in [1.54, 1.807) is 11.3 Å². The molecule has 2 saturated heterocycles. The van der Waals surface area contributed by atoms with Crippen molar-refractivity contribution in [3.63, 3.8) is 0 Å². The van der Waals surface area contributed by atoms with E-state index in [4.69, 9.17) is 4.98 Å². The van der Waals surface area contributed by atoms with Crippen molar-refractivity contribution in [2.24, 2.45) is 0 Å². The predicted molar refractivity (Wildman–Crippen MR) is 118 cm³/mol. The number of fused-ring (bicyclic) bond motifs is 1. The van der Waals surface area contributed by atoms with Gasteiger partial charge >= 0.3 is 0 Å². The molecule has 0 unspecified atom stereocenters. The van der Waals surface area contributed by atoms with Gasteiger partial charge in [0.05, 0.1) is 33.4 Å². The highest BCUT2D eigenvalue weighted by atomic mass is 79.9. The van der Waals surface area contributed by atoms with Crippen molar-refractivity contribution in [3.05, 3.63) is 58.0 Å². The number of piperidine rings is 1. The Balaban J connectivity index is 1.27. The minimum Gasteiger partial charge on any atom is -0.291 e. The molecule has 3 heterocycles. The largest absolute Gasteiger partial charge is 0.291 e. The first-order valence-corrected chi connectivity index (χ1v) is 11.4. The minimum atomic E-state index is -0.345. The van der Waals surface area contributed by atoms with Gasteiger partial charge in [-0.15, -0.1) is 11.3 Å². The zero-order valence-electron chi connectivity index (χ0n) is 15.8. The summed E-state index contributed by atoms with van der Waals surface area (Å²) in [5.41, 5.74) is 1.71. The summed E-state index contributed by atoms with van der Waals surface area (Å²) < 4.78 is 2.15. The third-order valence-electron chi connectivity index (χ3n) is 5.84. The van der Waals surface area contributed by atoms with E-state index >= 15 is 0 Å². The Hall–Kier alpha value is -2.09. The molecule has 0 radical (unpaired) electrons. The van der Waals surface area contributed by atoms with Crippen molar-refractivity contribution in [2.75, 3.05) is 18.0 Å². The third kappa shape index (κ3) is 3.52. The van der Waals surface area contributed by atoms with Crippen LogP contribution in [0.5, 0.6) is 0 Å². The van der Waals surface area contributed by atoms with E-state index in [-0.39, 0.29) is 24.3 Å². The zero-order chi connectivity index (χ0) is 20.0. The molecule has 29 heavy (non-hydrogen) atoms. The molecule has 1 atom stereocenters. The summed E-state index contributed by atoms with van der Waals surface area (Å²) in [6.07, 6.45) is 2.20. The van der Waals surface area contributed by atoms with E-state index < -0.39 is 0 Å². The molecule has 2 fully saturated rings. The maximum atomic E-state index is 13.0. The van der Waals surface area contributed by atoms with Gasteiger partial charge in [0.15, 0.2) is 0 Å². The Labute approximate surface area is 181 Å². The van der Waals surface area contributed by atoms with E-state index in [0.717, 1.165) is 35.9 Å². The predicted octanol–water partition coefficient (Wildman–Crippen LogP) is 4.57. The molecule has 7 heteroatoms. The Morgan fingerprint density at radius 2 is 1.72 bits per heavy atom. The van der Waals surface area contributed by atoms with Crippen LogP contribution in [0, 0.1) is 0 Å². The number of aromatic nitrogens is 1. The number of benzene rings is 2. The van der Waals surface area contributed by atoms with Crippen LogP contribution in [0.4, 0.5) is 5.69 Å². The van der Waals surface area contributed by atoms with Crippen molar-refractivity contribution in [3.8, 4) is 0 Å². The first-order valence-electron chi connectivity index (χ1n) is 9.82. The number of para-hydroxylation sites is 1. The number of carbonyl (C=O) groups is 2. The summed E-state index contributed by atoms with van der Waals surface area (Å²) in [4.78, 5) is 33.9. The summed E-state index contributed by atoms with van der Waals surface area (Å²) in [6, 6.07) is 15.2. The van der Waals surface area contributed by atoms with Gasteiger partial charge in [-0.3, -0.25) is 14.5 Å². The fourth-order valence-corrected chi connectivity index (χ4v) is 5.69. The molecule has 148 valence electrons. The van der Waals surface area contributed by atoms with Crippen LogP contribution < -0.4 is 4.90 Å². The molecule has 2 aliphatic rings. The van der Waals surface area contributed by atoms with E-state index in [1.165, 1.54) is 14.6 Å². The third-order valence-corrected chi connectivity index (χ3v) is 7.57. The number of hydrogen-bond acceptors (Lipinski definition) is 5. The van der Waals surface area contributed by atoms with Crippen LogP contribution in [0.3, 0.4) is 0 Å². The first kappa shape index (κ1) is 18.9. The Bertz CT molecular complexity index is 1040. The second-order valence-corrected chi connectivity index (χ2v) is 9.57. The van der Waals surface area contributed by atoms with Crippen LogP contribution in [0.15, 0.2) is 53.0 Å². The number of thiazole rings is 1. The molecule has 0 aliphatic carbocycles. The van der Waals surface area contributed by atoms with Crippen molar-refractivity contribution in [1.82, 2.24) is 9.88 Å². The van der Waals surface area contributed by atoms with Gasteiger partial charge < -0.3 is 0 Å². The van der Waals surface area contributed by atoms with E-state index in [9.17, 15) is 9.59 Å². The van der Waals surface area contributed by atoms with Crippen LogP contribution in [0.1, 0.15) is 30.2 Å². The van der Waals surface area contributed by atoms with Gasteiger partial charge in [-0.05, 0) is 62.3 Å². The van der Waals surface area contributed by atoms with Crippen LogP contribution in [0.2, 0.25) is 0 Å². The van der Waals surface area contributed by atoms with Gasteiger partial charge in [-0.1, -0.05) is 28.1 Å². The lowest BCUT2D eigenvalue weighted by Gasteiger charge is -2.34. The topological polar surface area (TPSA) is 53.5 Å². The normalized spacial score (nSPS) is 21.4. The maximum absolute atomic E-state index is 13.0. The molecular weight excluding hydrogens is 450 g/mol. The first-order chi connectivity index (χ1) is 14.1. The zero-order valence-corrected chi connectivity index (χ0v) is 18.2. The highest BCUT2D eigenvalue weighted by Gasteiger charge is 2.43. The number of carbonyl (C=O) groups excluding carboxylic acids is 2. The minimum absolute atomic E-state index is 0.101. The fourth-order valence-electron chi connectivity index (χ4n) is 4.29. The lowest BCUT2D eigenvalue weighted by Crippen LogP contribution is -2.45. The number of anilines is 1. The molecule has 0 spiro atoms. The highest BCUT2D eigenvalue weighted by molar-refractivity contribution is 9.10. The SMILES string of the molecule is O=C1C[C@H](N2CCC(c3nc4ccccc4s3)CC2)C(=O)N1c1ccc(Br)cc1. The fraction of sp³-hybridized carbons (Fsp3) is 0.318.